The predicted molar refractivity (Wildman–Crippen MR) is 129 cm³/mol. The van der Waals surface area contributed by atoms with Crippen LogP contribution >= 0.6 is 23.4 Å². The van der Waals surface area contributed by atoms with E-state index in [0.717, 1.165) is 16.7 Å². The first-order chi connectivity index (χ1) is 16.4. The minimum absolute atomic E-state index is 0.0953. The second kappa shape index (κ2) is 12.3. The number of hydrogen-bond acceptors (Lipinski definition) is 8. The molecule has 34 heavy (non-hydrogen) atoms. The van der Waals surface area contributed by atoms with Crippen LogP contribution in [0.3, 0.4) is 0 Å². The zero-order valence-corrected chi connectivity index (χ0v) is 20.3. The van der Waals surface area contributed by atoms with Gasteiger partial charge in [-0.25, -0.2) is 4.79 Å². The zero-order chi connectivity index (χ0) is 24.5. The van der Waals surface area contributed by atoms with Crippen molar-refractivity contribution in [3.63, 3.8) is 0 Å². The Morgan fingerprint density at radius 3 is 2.53 bits per heavy atom. The van der Waals surface area contributed by atoms with E-state index in [9.17, 15) is 14.4 Å². The number of nitrogens with zero attached hydrogens (tertiary/aromatic N) is 1. The molecule has 1 saturated heterocycles. The molecule has 0 bridgehead atoms. The van der Waals surface area contributed by atoms with E-state index < -0.39 is 11.9 Å². The van der Waals surface area contributed by atoms with Crippen molar-refractivity contribution in [2.45, 2.75) is 13.8 Å². The Hall–Kier alpha value is -3.17. The first-order valence-electron chi connectivity index (χ1n) is 10.6. The number of thioether (sulfide) groups is 1. The van der Waals surface area contributed by atoms with Gasteiger partial charge < -0.3 is 18.9 Å². The van der Waals surface area contributed by atoms with Crippen LogP contribution in [0.4, 0.5) is 4.79 Å². The Bertz CT molecular complexity index is 1090. The lowest BCUT2D eigenvalue weighted by Crippen LogP contribution is -2.32. The summed E-state index contributed by atoms with van der Waals surface area (Å²) in [5, 5.41) is 0.0785. The Kier molecular flexibility index (Phi) is 9.24. The molecule has 1 fully saturated rings. The number of halogens is 1. The van der Waals surface area contributed by atoms with Crippen molar-refractivity contribution in [1.82, 2.24) is 4.90 Å². The number of benzene rings is 2. The molecule has 0 saturated carbocycles. The fourth-order valence-corrected chi connectivity index (χ4v) is 4.05. The van der Waals surface area contributed by atoms with Crippen LogP contribution < -0.4 is 14.2 Å². The molecule has 8 nitrogen and oxygen atoms in total. The molecule has 0 atom stereocenters. The van der Waals surface area contributed by atoms with Gasteiger partial charge in [0.25, 0.3) is 11.1 Å². The molecule has 2 aromatic carbocycles. The van der Waals surface area contributed by atoms with Gasteiger partial charge in [0.2, 0.25) is 0 Å². The van der Waals surface area contributed by atoms with Gasteiger partial charge >= 0.3 is 5.97 Å². The predicted octanol–water partition coefficient (Wildman–Crippen LogP) is 4.80. The summed E-state index contributed by atoms with van der Waals surface area (Å²) in [4.78, 5) is 38.1. The first-order valence-corrected chi connectivity index (χ1v) is 11.8. The molecule has 10 heteroatoms. The third kappa shape index (κ3) is 6.68. The Morgan fingerprint density at radius 2 is 1.79 bits per heavy atom. The van der Waals surface area contributed by atoms with E-state index in [-0.39, 0.29) is 36.5 Å². The van der Waals surface area contributed by atoms with Crippen molar-refractivity contribution in [2.75, 3.05) is 33.0 Å². The fraction of sp³-hybridized carbons (Fsp3) is 0.292. The number of rotatable bonds is 11. The largest absolute Gasteiger partial charge is 0.490 e. The molecule has 1 aliphatic heterocycles. The average molecular weight is 506 g/mol. The van der Waals surface area contributed by atoms with Gasteiger partial charge in [0.15, 0.2) is 18.1 Å². The quantitative estimate of drug-likeness (QED) is 0.318. The smallest absolute Gasteiger partial charge is 0.344 e. The second-order valence-electron chi connectivity index (χ2n) is 6.85. The molecule has 0 spiro atoms. The standard InChI is InChI=1S/C24H24ClNO7S/c1-3-30-20-13-16(9-10-19(20)33-15-22(27)31-4-2)14-21-23(28)26(24(29)34-21)11-12-32-18-8-6-5-7-17(18)25/h5-10,13-14H,3-4,11-12,15H2,1-2H3/b21-14-. The maximum Gasteiger partial charge on any atom is 0.344 e. The highest BCUT2D eigenvalue weighted by Crippen LogP contribution is 2.34. The summed E-state index contributed by atoms with van der Waals surface area (Å²) in [6.07, 6.45) is 1.61. The van der Waals surface area contributed by atoms with Gasteiger partial charge in [0, 0.05) is 0 Å². The van der Waals surface area contributed by atoms with E-state index >= 15 is 0 Å². The summed E-state index contributed by atoms with van der Waals surface area (Å²) in [5.74, 6) is 0.379. The van der Waals surface area contributed by atoms with E-state index in [1.54, 1.807) is 55.5 Å². The summed E-state index contributed by atoms with van der Waals surface area (Å²) in [5.41, 5.74) is 0.643. The van der Waals surface area contributed by atoms with Crippen LogP contribution in [0.2, 0.25) is 5.02 Å². The molecular weight excluding hydrogens is 482 g/mol. The highest BCUT2D eigenvalue weighted by molar-refractivity contribution is 8.18. The van der Waals surface area contributed by atoms with Crippen molar-refractivity contribution < 1.29 is 33.3 Å². The van der Waals surface area contributed by atoms with Gasteiger partial charge in [0.1, 0.15) is 12.4 Å². The Balaban J connectivity index is 1.66. The Morgan fingerprint density at radius 1 is 1.00 bits per heavy atom. The second-order valence-corrected chi connectivity index (χ2v) is 8.25. The van der Waals surface area contributed by atoms with Gasteiger partial charge in [0.05, 0.1) is 29.7 Å². The molecule has 3 rings (SSSR count). The summed E-state index contributed by atoms with van der Waals surface area (Å²) in [6, 6.07) is 12.0. The third-order valence-electron chi connectivity index (χ3n) is 4.50. The monoisotopic (exact) mass is 505 g/mol. The topological polar surface area (TPSA) is 91.4 Å². The lowest BCUT2D eigenvalue weighted by molar-refractivity contribution is -0.145. The molecular formula is C24H24ClNO7S. The van der Waals surface area contributed by atoms with Crippen LogP contribution in [0.1, 0.15) is 19.4 Å². The van der Waals surface area contributed by atoms with Gasteiger partial charge in [-0.1, -0.05) is 29.8 Å². The molecule has 0 N–H and O–H groups in total. The minimum Gasteiger partial charge on any atom is -0.490 e. The van der Waals surface area contributed by atoms with Crippen LogP contribution in [0.25, 0.3) is 6.08 Å². The molecule has 180 valence electrons. The minimum atomic E-state index is -0.485. The van der Waals surface area contributed by atoms with Crippen molar-refractivity contribution in [2.24, 2.45) is 0 Å². The summed E-state index contributed by atoms with van der Waals surface area (Å²) >= 11 is 6.91. The van der Waals surface area contributed by atoms with E-state index in [1.807, 2.05) is 6.92 Å². The molecule has 1 aliphatic rings. The SMILES string of the molecule is CCOC(=O)COc1ccc(/C=C2\SC(=O)N(CCOc3ccccc3Cl)C2=O)cc1OCC. The van der Waals surface area contributed by atoms with E-state index in [2.05, 4.69) is 0 Å². The molecule has 1 heterocycles. The average Bonchev–Trinajstić information content (AvgIpc) is 3.07. The zero-order valence-electron chi connectivity index (χ0n) is 18.7. The lowest BCUT2D eigenvalue weighted by Gasteiger charge is -2.14. The van der Waals surface area contributed by atoms with Crippen LogP contribution in [-0.4, -0.2) is 55.0 Å². The number of para-hydroxylation sites is 1. The van der Waals surface area contributed by atoms with Crippen molar-refractivity contribution >= 4 is 46.6 Å². The van der Waals surface area contributed by atoms with E-state index in [0.29, 0.717) is 34.4 Å². The molecule has 0 aliphatic carbocycles. The maximum atomic E-state index is 12.8. The molecule has 2 aromatic rings. The number of ether oxygens (including phenoxy) is 4. The lowest BCUT2D eigenvalue weighted by atomic mass is 10.2. The van der Waals surface area contributed by atoms with Crippen LogP contribution in [-0.2, 0) is 14.3 Å². The highest BCUT2D eigenvalue weighted by atomic mass is 35.5. The number of amides is 2. The highest BCUT2D eigenvalue weighted by Gasteiger charge is 2.34. The third-order valence-corrected chi connectivity index (χ3v) is 5.72. The van der Waals surface area contributed by atoms with E-state index in [4.69, 9.17) is 30.5 Å². The Labute approximate surface area is 206 Å². The number of hydrogen-bond donors (Lipinski definition) is 0. The summed E-state index contributed by atoms with van der Waals surface area (Å²) < 4.78 is 21.6. The number of carbonyl (C=O) groups is 3. The number of esters is 1. The maximum absolute atomic E-state index is 12.8. The van der Waals surface area contributed by atoms with Gasteiger partial charge in [-0.05, 0) is 61.5 Å². The van der Waals surface area contributed by atoms with Gasteiger partial charge in [-0.2, -0.15) is 0 Å². The molecule has 2 amide bonds. The normalized spacial score (nSPS) is 14.4. The van der Waals surface area contributed by atoms with Gasteiger partial charge in [-0.15, -0.1) is 0 Å². The van der Waals surface area contributed by atoms with Gasteiger partial charge in [-0.3, -0.25) is 14.5 Å². The van der Waals surface area contributed by atoms with Crippen molar-refractivity contribution in [3.8, 4) is 17.2 Å². The number of imide groups is 1. The summed E-state index contributed by atoms with van der Waals surface area (Å²) in [7, 11) is 0. The summed E-state index contributed by atoms with van der Waals surface area (Å²) in [6.45, 7) is 4.14. The van der Waals surface area contributed by atoms with Crippen LogP contribution in [0.5, 0.6) is 17.2 Å². The van der Waals surface area contributed by atoms with Crippen LogP contribution in [0, 0.1) is 0 Å². The molecule has 0 radical (unpaired) electrons. The van der Waals surface area contributed by atoms with Crippen LogP contribution in [0.15, 0.2) is 47.4 Å². The van der Waals surface area contributed by atoms with E-state index in [1.165, 1.54) is 0 Å². The van der Waals surface area contributed by atoms with Crippen molar-refractivity contribution in [1.29, 1.82) is 0 Å². The number of carbonyl (C=O) groups excluding carboxylic acids is 3. The van der Waals surface area contributed by atoms with Crippen molar-refractivity contribution in [3.05, 3.63) is 58.0 Å². The molecule has 0 aromatic heterocycles. The molecule has 0 unspecified atom stereocenters. The fourth-order valence-electron chi connectivity index (χ4n) is 2.99. The first kappa shape index (κ1) is 25.5.